The van der Waals surface area contributed by atoms with Crippen LogP contribution in [0.2, 0.25) is 0 Å². The van der Waals surface area contributed by atoms with Crippen LogP contribution in [0.15, 0.2) is 47.2 Å². The molecule has 0 radical (unpaired) electrons. The van der Waals surface area contributed by atoms with Gasteiger partial charge in [0.1, 0.15) is 24.0 Å². The van der Waals surface area contributed by atoms with E-state index in [4.69, 9.17) is 9.47 Å². The molecule has 0 aromatic heterocycles. The normalized spacial score (nSPS) is 16.8. The van der Waals surface area contributed by atoms with Crippen molar-refractivity contribution in [1.82, 2.24) is 5.32 Å². The van der Waals surface area contributed by atoms with Gasteiger partial charge in [0.2, 0.25) is 0 Å². The third-order valence-corrected chi connectivity index (χ3v) is 6.24. The minimum Gasteiger partial charge on any atom is -0.437 e. The average molecular weight is 710 g/mol. The molecule has 1 aromatic rings. The first-order chi connectivity index (χ1) is 21.2. The predicted octanol–water partition coefficient (Wildman–Crippen LogP) is 7.81. The Hall–Kier alpha value is -4.47. The highest BCUT2D eigenvalue weighted by Gasteiger charge is 2.90. The number of nitrogens with zero attached hydrogens (tertiary/aromatic N) is 1. The number of ether oxygens (including phenoxy) is 4. The van der Waals surface area contributed by atoms with Crippen molar-refractivity contribution in [1.29, 1.82) is 0 Å². The number of rotatable bonds is 11. The molecule has 2 rings (SSSR count). The van der Waals surface area contributed by atoms with Crippen LogP contribution in [0.25, 0.3) is 0 Å². The van der Waals surface area contributed by atoms with Crippen LogP contribution >= 0.6 is 0 Å². The van der Waals surface area contributed by atoms with Gasteiger partial charge in [-0.1, -0.05) is 12.1 Å². The lowest BCUT2D eigenvalue weighted by atomic mass is 9.90. The fourth-order valence-corrected chi connectivity index (χ4v) is 3.82. The van der Waals surface area contributed by atoms with Crippen molar-refractivity contribution in [2.24, 2.45) is 0 Å². The molecule has 0 saturated heterocycles. The van der Waals surface area contributed by atoms with Gasteiger partial charge in [-0.25, -0.2) is 9.59 Å². The Kier molecular flexibility index (Phi) is 10.7. The topological polar surface area (TPSA) is 126 Å². The Morgan fingerprint density at radius 2 is 1.30 bits per heavy atom. The maximum absolute atomic E-state index is 14.1. The molecule has 10 nitrogen and oxygen atoms in total. The van der Waals surface area contributed by atoms with E-state index in [1.165, 1.54) is 19.9 Å². The van der Waals surface area contributed by atoms with Gasteiger partial charge in [-0.2, -0.15) is 57.1 Å². The molecule has 0 bridgehead atoms. The van der Waals surface area contributed by atoms with Crippen molar-refractivity contribution in [2.75, 3.05) is 13.7 Å². The fraction of sp³-hybridized carbons (Fsp3) is 0.500. The zero-order chi connectivity index (χ0) is 36.6. The highest BCUT2D eigenvalue weighted by Crippen LogP contribution is 2.60. The molecule has 1 atom stereocenters. The Labute approximate surface area is 253 Å². The highest BCUT2D eigenvalue weighted by molar-refractivity contribution is 5.65. The number of nitro benzene ring substituents is 1. The number of non-ortho nitro benzene ring substituents is 1. The SMILES string of the molecule is COC(=O)OC1=C(C)NC(C)=C(OC(=O)OCCC(F)(F)C(F)(F)C(F)(F)C(F)(F)C(F)(F)C(F)(F)F)C1c1cccc([N+](=O)[O-])c1. The van der Waals surface area contributed by atoms with E-state index in [-0.39, 0.29) is 17.0 Å². The average Bonchev–Trinajstić information content (AvgIpc) is 2.94. The summed E-state index contributed by atoms with van der Waals surface area (Å²) in [7, 11) is 0.880. The highest BCUT2D eigenvalue weighted by atomic mass is 19.4. The van der Waals surface area contributed by atoms with E-state index in [1.54, 1.807) is 0 Å². The van der Waals surface area contributed by atoms with Gasteiger partial charge in [0.05, 0.1) is 29.8 Å². The first kappa shape index (κ1) is 38.7. The van der Waals surface area contributed by atoms with E-state index in [0.717, 1.165) is 25.3 Å². The molecule has 0 spiro atoms. The van der Waals surface area contributed by atoms with Crippen molar-refractivity contribution in [3.05, 3.63) is 62.9 Å². The molecule has 0 fully saturated rings. The lowest BCUT2D eigenvalue weighted by Gasteiger charge is -2.39. The summed E-state index contributed by atoms with van der Waals surface area (Å²) >= 11 is 0. The Morgan fingerprint density at radius 3 is 1.77 bits per heavy atom. The molecule has 1 heterocycles. The molecule has 1 aromatic carbocycles. The maximum atomic E-state index is 14.1. The van der Waals surface area contributed by atoms with Crippen molar-refractivity contribution < 1.29 is 90.5 Å². The van der Waals surface area contributed by atoms with Gasteiger partial charge in [-0.3, -0.25) is 10.1 Å². The summed E-state index contributed by atoms with van der Waals surface area (Å²) in [5.74, 6) is -40.8. The summed E-state index contributed by atoms with van der Waals surface area (Å²) in [5, 5.41) is 13.8. The molecular formula is C24H19F13N2O8. The number of hydrogen-bond acceptors (Lipinski definition) is 9. The summed E-state index contributed by atoms with van der Waals surface area (Å²) in [6.07, 6.45) is -13.9. The molecule has 47 heavy (non-hydrogen) atoms. The molecule has 1 aliphatic heterocycles. The van der Waals surface area contributed by atoms with Crippen molar-refractivity contribution in [3.63, 3.8) is 0 Å². The third kappa shape index (κ3) is 7.11. The Bertz CT molecular complexity index is 1460. The number of dihydropyridines is 1. The molecule has 0 amide bonds. The molecule has 1 N–H and O–H groups in total. The smallest absolute Gasteiger partial charge is 0.437 e. The number of methoxy groups -OCH3 is 1. The van der Waals surface area contributed by atoms with E-state index < -0.39 is 89.2 Å². The number of halogens is 13. The lowest BCUT2D eigenvalue weighted by Crippen LogP contribution is -2.70. The van der Waals surface area contributed by atoms with Gasteiger partial charge in [0.15, 0.2) is 0 Å². The number of nitrogens with one attached hydrogen (secondary N) is 1. The third-order valence-electron chi connectivity index (χ3n) is 6.24. The van der Waals surface area contributed by atoms with E-state index in [0.29, 0.717) is 0 Å². The van der Waals surface area contributed by atoms with Crippen molar-refractivity contribution >= 4 is 18.0 Å². The van der Waals surface area contributed by atoms with Crippen LogP contribution in [0.4, 0.5) is 72.4 Å². The predicted molar refractivity (Wildman–Crippen MR) is 126 cm³/mol. The first-order valence-corrected chi connectivity index (χ1v) is 12.2. The van der Waals surface area contributed by atoms with Gasteiger partial charge >= 0.3 is 48.1 Å². The number of alkyl halides is 13. The van der Waals surface area contributed by atoms with E-state index in [9.17, 15) is 76.8 Å². The second-order valence-electron chi connectivity index (χ2n) is 9.40. The standard InChI is InChI=1S/C24H19F13N2O8/c1-10-15(46-17(40)44-3)14(12-5-4-6-13(9-12)39(42)43)16(11(2)38-10)47-18(41)45-8-7-19(25,26)20(27,28)21(29,30)22(31,32)23(33,34)24(35,36)37/h4-6,9,14,38H,7-8H2,1-3H3. The number of hydrogen-bond donors (Lipinski definition) is 1. The number of carbonyl (C=O) groups excluding carboxylic acids is 2. The zero-order valence-electron chi connectivity index (χ0n) is 23.4. The number of allylic oxidation sites excluding steroid dienone is 2. The van der Waals surface area contributed by atoms with E-state index >= 15 is 0 Å². The summed E-state index contributed by atoms with van der Waals surface area (Å²) in [6.45, 7) is 0.368. The summed E-state index contributed by atoms with van der Waals surface area (Å²) < 4.78 is 191. The number of benzene rings is 1. The summed E-state index contributed by atoms with van der Waals surface area (Å²) in [5.41, 5.74) is -0.821. The van der Waals surface area contributed by atoms with E-state index in [1.807, 2.05) is 0 Å². The maximum Gasteiger partial charge on any atom is 0.513 e. The molecule has 264 valence electrons. The van der Waals surface area contributed by atoms with Crippen LogP contribution in [-0.2, 0) is 18.9 Å². The monoisotopic (exact) mass is 710 g/mol. The zero-order valence-corrected chi connectivity index (χ0v) is 23.4. The largest absolute Gasteiger partial charge is 0.513 e. The van der Waals surface area contributed by atoms with Gasteiger partial charge in [0.25, 0.3) is 5.69 Å². The van der Waals surface area contributed by atoms with Crippen LogP contribution in [0.1, 0.15) is 31.7 Å². The molecule has 23 heteroatoms. The quantitative estimate of drug-likeness (QED) is 0.106. The van der Waals surface area contributed by atoms with Gasteiger partial charge in [0, 0.05) is 12.1 Å². The second kappa shape index (κ2) is 13.0. The first-order valence-electron chi connectivity index (χ1n) is 12.2. The minimum atomic E-state index is -8.10. The van der Waals surface area contributed by atoms with E-state index in [2.05, 4.69) is 14.8 Å². The molecule has 0 saturated carbocycles. The van der Waals surface area contributed by atoms with Crippen LogP contribution in [0.3, 0.4) is 0 Å². The second-order valence-corrected chi connectivity index (χ2v) is 9.40. The molecule has 0 aliphatic carbocycles. The summed E-state index contributed by atoms with van der Waals surface area (Å²) in [6, 6.07) is 4.26. The lowest BCUT2D eigenvalue weighted by molar-refractivity contribution is -0.440. The van der Waals surface area contributed by atoms with Crippen molar-refractivity contribution in [2.45, 2.75) is 62.0 Å². The number of carbonyl (C=O) groups is 2. The molecular weight excluding hydrogens is 691 g/mol. The van der Waals surface area contributed by atoms with Crippen LogP contribution in [0.5, 0.6) is 0 Å². The minimum absolute atomic E-state index is 0.0147. The Morgan fingerprint density at radius 1 is 0.809 bits per heavy atom. The Balaban J connectivity index is 2.34. The van der Waals surface area contributed by atoms with Crippen LogP contribution < -0.4 is 5.32 Å². The number of nitro groups is 1. The van der Waals surface area contributed by atoms with Gasteiger partial charge in [-0.05, 0) is 19.4 Å². The molecule has 1 aliphatic rings. The fourth-order valence-electron chi connectivity index (χ4n) is 3.82. The summed E-state index contributed by atoms with van der Waals surface area (Å²) in [4.78, 5) is 34.6. The van der Waals surface area contributed by atoms with Crippen molar-refractivity contribution in [3.8, 4) is 0 Å². The van der Waals surface area contributed by atoms with Crippen LogP contribution in [0, 0.1) is 10.1 Å². The van der Waals surface area contributed by atoms with Gasteiger partial charge < -0.3 is 24.3 Å². The molecule has 1 unspecified atom stereocenters. The van der Waals surface area contributed by atoms with Gasteiger partial charge in [-0.15, -0.1) is 0 Å². The van der Waals surface area contributed by atoms with Crippen LogP contribution in [-0.4, -0.2) is 66.7 Å².